The average molecular weight is 428 g/mol. The average Bonchev–Trinajstić information content (AvgIpc) is 3.35. The topological polar surface area (TPSA) is 62.3 Å². The molecule has 1 N–H and O–H groups in total. The molecular formula is C25H21N3O2S. The molecule has 0 unspecified atom stereocenters. The van der Waals surface area contributed by atoms with Crippen LogP contribution in [0.5, 0.6) is 0 Å². The lowest BCUT2D eigenvalue weighted by atomic mass is 9.99. The predicted octanol–water partition coefficient (Wildman–Crippen LogP) is 4.15. The molecule has 1 aliphatic rings. The third-order valence-electron chi connectivity index (χ3n) is 5.63. The molecule has 1 saturated heterocycles. The molecule has 4 aromatic rings. The van der Waals surface area contributed by atoms with Gasteiger partial charge in [-0.05, 0) is 46.8 Å². The first kappa shape index (κ1) is 19.5. The number of carbonyl (C=O) groups excluding carboxylic acids is 2. The number of amides is 2. The molecule has 2 aromatic carbocycles. The fraction of sp³-hybridized carbons (Fsp3) is 0.160. The van der Waals surface area contributed by atoms with Crippen LogP contribution in [0.3, 0.4) is 0 Å². The van der Waals surface area contributed by atoms with Crippen LogP contribution in [0.15, 0.2) is 78.3 Å². The Morgan fingerprint density at radius 2 is 1.97 bits per heavy atom. The maximum absolute atomic E-state index is 13.3. The van der Waals surface area contributed by atoms with Crippen LogP contribution in [0.1, 0.15) is 15.9 Å². The maximum Gasteiger partial charge on any atom is 0.254 e. The highest BCUT2D eigenvalue weighted by Gasteiger charge is 2.33. The summed E-state index contributed by atoms with van der Waals surface area (Å²) in [4.78, 5) is 33.2. The highest BCUT2D eigenvalue weighted by molar-refractivity contribution is 7.13. The van der Waals surface area contributed by atoms with Crippen LogP contribution in [-0.2, 0) is 11.2 Å². The third-order valence-corrected chi connectivity index (χ3v) is 6.55. The van der Waals surface area contributed by atoms with Crippen molar-refractivity contribution >= 4 is 34.1 Å². The van der Waals surface area contributed by atoms with Gasteiger partial charge in [0.15, 0.2) is 0 Å². The first-order chi connectivity index (χ1) is 15.2. The van der Waals surface area contributed by atoms with E-state index < -0.39 is 6.04 Å². The van der Waals surface area contributed by atoms with E-state index >= 15 is 0 Å². The van der Waals surface area contributed by atoms with Crippen molar-refractivity contribution in [3.8, 4) is 10.4 Å². The molecule has 6 heteroatoms. The van der Waals surface area contributed by atoms with Crippen LogP contribution in [0.4, 0.5) is 0 Å². The predicted molar refractivity (Wildman–Crippen MR) is 123 cm³/mol. The number of hydrogen-bond acceptors (Lipinski definition) is 4. The van der Waals surface area contributed by atoms with Gasteiger partial charge in [-0.1, -0.05) is 36.4 Å². The number of nitrogens with zero attached hydrogens (tertiary/aromatic N) is 2. The monoisotopic (exact) mass is 427 g/mol. The summed E-state index contributed by atoms with van der Waals surface area (Å²) in [5, 5.41) is 5.88. The molecule has 2 aromatic heterocycles. The molecule has 5 nitrogen and oxygen atoms in total. The summed E-state index contributed by atoms with van der Waals surface area (Å²) in [5.74, 6) is -0.231. The van der Waals surface area contributed by atoms with Gasteiger partial charge in [0.25, 0.3) is 5.91 Å². The summed E-state index contributed by atoms with van der Waals surface area (Å²) < 4.78 is 0. The molecule has 0 aliphatic carbocycles. The number of rotatable bonds is 4. The highest BCUT2D eigenvalue weighted by atomic mass is 32.1. The molecule has 1 fully saturated rings. The van der Waals surface area contributed by atoms with Crippen molar-refractivity contribution in [3.63, 3.8) is 0 Å². The molecule has 1 aliphatic heterocycles. The van der Waals surface area contributed by atoms with E-state index in [0.29, 0.717) is 25.1 Å². The van der Waals surface area contributed by atoms with Crippen LogP contribution in [0.2, 0.25) is 0 Å². The van der Waals surface area contributed by atoms with Gasteiger partial charge in [-0.3, -0.25) is 14.6 Å². The summed E-state index contributed by atoms with van der Waals surface area (Å²) in [7, 11) is 0. The van der Waals surface area contributed by atoms with Crippen molar-refractivity contribution in [2.24, 2.45) is 0 Å². The standard InChI is InChI=1S/C25H21N3O2S/c29-24-22(15-17-5-7-18(8-6-17)23-4-2-14-31-23)28(13-12-27-24)25(30)20-9-10-21-19(16-20)3-1-11-26-21/h1-11,14,16,22H,12-13,15H2,(H,27,29)/t22-/m0/s1. The van der Waals surface area contributed by atoms with Crippen molar-refractivity contribution in [3.05, 3.63) is 89.4 Å². The minimum absolute atomic E-state index is 0.107. The minimum atomic E-state index is -0.529. The van der Waals surface area contributed by atoms with Gasteiger partial charge in [0.05, 0.1) is 5.52 Å². The van der Waals surface area contributed by atoms with Gasteiger partial charge in [0.1, 0.15) is 6.04 Å². The zero-order valence-corrected chi connectivity index (χ0v) is 17.6. The van der Waals surface area contributed by atoms with Crippen molar-refractivity contribution < 1.29 is 9.59 Å². The van der Waals surface area contributed by atoms with Crippen molar-refractivity contribution in [2.75, 3.05) is 13.1 Å². The second kappa shape index (κ2) is 8.32. The van der Waals surface area contributed by atoms with Crippen molar-refractivity contribution in [1.29, 1.82) is 0 Å². The number of nitrogens with one attached hydrogen (secondary N) is 1. The second-order valence-electron chi connectivity index (χ2n) is 7.59. The molecule has 0 saturated carbocycles. The molecule has 154 valence electrons. The Kier molecular flexibility index (Phi) is 5.22. The van der Waals surface area contributed by atoms with Gasteiger partial charge in [0, 0.05) is 41.5 Å². The molecule has 0 spiro atoms. The van der Waals surface area contributed by atoms with Crippen LogP contribution in [0.25, 0.3) is 21.3 Å². The van der Waals surface area contributed by atoms with E-state index in [1.165, 1.54) is 4.88 Å². The van der Waals surface area contributed by atoms with E-state index in [2.05, 4.69) is 33.9 Å². The second-order valence-corrected chi connectivity index (χ2v) is 8.54. The number of hydrogen-bond donors (Lipinski definition) is 1. The van der Waals surface area contributed by atoms with E-state index in [1.54, 1.807) is 28.5 Å². The number of aromatic nitrogens is 1. The van der Waals surface area contributed by atoms with Gasteiger partial charge in [0.2, 0.25) is 5.91 Å². The maximum atomic E-state index is 13.3. The quantitative estimate of drug-likeness (QED) is 0.532. The Balaban J connectivity index is 1.39. The summed E-state index contributed by atoms with van der Waals surface area (Å²) in [6, 6.07) is 21.1. The number of thiophene rings is 1. The molecule has 2 amide bonds. The van der Waals surface area contributed by atoms with Crippen LogP contribution < -0.4 is 5.32 Å². The Labute approximate surface area is 184 Å². The molecule has 3 heterocycles. The summed E-state index contributed by atoms with van der Waals surface area (Å²) >= 11 is 1.70. The Morgan fingerprint density at radius 3 is 2.77 bits per heavy atom. The van der Waals surface area contributed by atoms with Gasteiger partial charge in [-0.15, -0.1) is 11.3 Å². The van der Waals surface area contributed by atoms with Crippen molar-refractivity contribution in [1.82, 2.24) is 15.2 Å². The largest absolute Gasteiger partial charge is 0.353 e. The SMILES string of the molecule is O=C1NCCN(C(=O)c2ccc3ncccc3c2)[C@H]1Cc1ccc(-c2cccs2)cc1. The fourth-order valence-electron chi connectivity index (χ4n) is 4.01. The van der Waals surface area contributed by atoms with Crippen LogP contribution >= 0.6 is 11.3 Å². The van der Waals surface area contributed by atoms with E-state index in [0.717, 1.165) is 22.0 Å². The normalized spacial score (nSPS) is 16.3. The molecule has 1 atom stereocenters. The molecule has 0 bridgehead atoms. The molecular weight excluding hydrogens is 406 g/mol. The van der Waals surface area contributed by atoms with E-state index in [1.807, 2.05) is 42.5 Å². The molecule has 31 heavy (non-hydrogen) atoms. The number of pyridine rings is 1. The smallest absolute Gasteiger partial charge is 0.254 e. The zero-order chi connectivity index (χ0) is 21.2. The lowest BCUT2D eigenvalue weighted by Crippen LogP contribution is -2.58. The van der Waals surface area contributed by atoms with Gasteiger partial charge < -0.3 is 10.2 Å². The lowest BCUT2D eigenvalue weighted by Gasteiger charge is -2.35. The van der Waals surface area contributed by atoms with Gasteiger partial charge in [-0.2, -0.15) is 0 Å². The zero-order valence-electron chi connectivity index (χ0n) is 16.8. The molecule has 0 radical (unpaired) electrons. The minimum Gasteiger partial charge on any atom is -0.353 e. The lowest BCUT2D eigenvalue weighted by molar-refractivity contribution is -0.127. The Morgan fingerprint density at radius 1 is 1.10 bits per heavy atom. The third kappa shape index (κ3) is 3.94. The number of fused-ring (bicyclic) bond motifs is 1. The summed E-state index contributed by atoms with van der Waals surface area (Å²) in [6.07, 6.45) is 2.22. The first-order valence-corrected chi connectivity index (χ1v) is 11.1. The molecule has 5 rings (SSSR count). The number of piperazine rings is 1. The number of carbonyl (C=O) groups is 2. The first-order valence-electron chi connectivity index (χ1n) is 10.3. The van der Waals surface area contributed by atoms with Crippen molar-refractivity contribution in [2.45, 2.75) is 12.5 Å². The summed E-state index contributed by atoms with van der Waals surface area (Å²) in [6.45, 7) is 0.959. The van der Waals surface area contributed by atoms with Crippen LogP contribution in [0, 0.1) is 0 Å². The Bertz CT molecular complexity index is 1240. The van der Waals surface area contributed by atoms with Gasteiger partial charge >= 0.3 is 0 Å². The Hall–Kier alpha value is -3.51. The fourth-order valence-corrected chi connectivity index (χ4v) is 4.74. The van der Waals surface area contributed by atoms with Gasteiger partial charge in [-0.25, -0.2) is 0 Å². The van der Waals surface area contributed by atoms with E-state index in [9.17, 15) is 9.59 Å². The highest BCUT2D eigenvalue weighted by Crippen LogP contribution is 2.25. The van der Waals surface area contributed by atoms with E-state index in [4.69, 9.17) is 0 Å². The van der Waals surface area contributed by atoms with Crippen LogP contribution in [-0.4, -0.2) is 40.8 Å². The number of benzene rings is 2. The van der Waals surface area contributed by atoms with E-state index in [-0.39, 0.29) is 11.8 Å². The summed E-state index contributed by atoms with van der Waals surface area (Å²) in [5.41, 5.74) is 3.61.